The molecule has 0 amide bonds. The maximum atomic E-state index is 12.1. The molecule has 0 aromatic carbocycles. The minimum atomic E-state index is -0.250. The number of aliphatic hydroxyl groups excluding tert-OH is 1. The molecule has 2 heteroatoms. The van der Waals surface area contributed by atoms with Crippen LogP contribution in [0.1, 0.15) is 79.1 Å². The van der Waals surface area contributed by atoms with Crippen molar-refractivity contribution in [3.63, 3.8) is 0 Å². The topological polar surface area (TPSA) is 37.3 Å². The van der Waals surface area contributed by atoms with E-state index in [1.165, 1.54) is 37.7 Å². The number of carbonyl (C=O) groups excluding carboxylic acids is 1. The molecule has 8 atom stereocenters. The van der Waals surface area contributed by atoms with Crippen molar-refractivity contribution in [2.75, 3.05) is 0 Å². The average Bonchev–Trinajstić information content (AvgIpc) is 2.93. The Labute approximate surface area is 153 Å². The van der Waals surface area contributed by atoms with Gasteiger partial charge in [-0.05, 0) is 79.1 Å². The van der Waals surface area contributed by atoms with Crippen molar-refractivity contribution in [2.24, 2.45) is 40.4 Å². The molecule has 4 unspecified atom stereocenters. The number of aliphatic hydroxyl groups is 1. The molecular formula is C23H36O2. The fourth-order valence-corrected chi connectivity index (χ4v) is 7.98. The fraction of sp³-hybridized carbons (Fsp3) is 0.870. The molecule has 4 aliphatic rings. The van der Waals surface area contributed by atoms with Crippen molar-refractivity contribution in [2.45, 2.75) is 85.2 Å². The van der Waals surface area contributed by atoms with Crippen LogP contribution in [-0.4, -0.2) is 17.0 Å². The van der Waals surface area contributed by atoms with E-state index in [1.54, 1.807) is 0 Å². The Kier molecular flexibility index (Phi) is 4.22. The van der Waals surface area contributed by atoms with E-state index < -0.39 is 0 Å². The van der Waals surface area contributed by atoms with Crippen LogP contribution in [0.4, 0.5) is 0 Å². The third kappa shape index (κ3) is 2.28. The Bertz CT molecular complexity index is 593. The first-order chi connectivity index (χ1) is 11.9. The van der Waals surface area contributed by atoms with Gasteiger partial charge in [-0.25, -0.2) is 0 Å². The molecule has 0 bridgehead atoms. The molecule has 0 spiro atoms. The van der Waals surface area contributed by atoms with Crippen molar-refractivity contribution in [1.29, 1.82) is 0 Å². The zero-order chi connectivity index (χ0) is 18.0. The summed E-state index contributed by atoms with van der Waals surface area (Å²) in [5.74, 6) is 3.00. The van der Waals surface area contributed by atoms with Crippen LogP contribution in [0.5, 0.6) is 0 Å². The second kappa shape index (κ2) is 5.94. The molecule has 4 rings (SSSR count). The minimum absolute atomic E-state index is 0.143. The number of rotatable bonds is 2. The molecule has 140 valence electrons. The smallest absolute Gasteiger partial charge is 0.155 e. The standard InChI is InChI=1S/C23H36O2/c1-5-14-7-8-17-20-18(10-12-22(14,17)3)23(4)11-9-15(24)13-19(23)16(6-2)21(20)25/h13-14,16-18,20-21,25H,5-12H2,1-4H3/t14-,16-,17?,18?,20?,21?,22+,23+/m0/s1. The molecule has 0 saturated heterocycles. The van der Waals surface area contributed by atoms with Crippen LogP contribution in [0, 0.1) is 40.4 Å². The molecular weight excluding hydrogens is 308 g/mol. The molecule has 4 aliphatic carbocycles. The van der Waals surface area contributed by atoms with Crippen LogP contribution in [0.15, 0.2) is 11.6 Å². The largest absolute Gasteiger partial charge is 0.392 e. The van der Waals surface area contributed by atoms with Crippen LogP contribution in [-0.2, 0) is 4.79 Å². The van der Waals surface area contributed by atoms with E-state index in [0.29, 0.717) is 29.6 Å². The number of carbonyl (C=O) groups is 1. The Morgan fingerprint density at radius 2 is 1.84 bits per heavy atom. The number of hydrogen-bond donors (Lipinski definition) is 1. The fourth-order valence-electron chi connectivity index (χ4n) is 7.98. The van der Waals surface area contributed by atoms with Crippen LogP contribution >= 0.6 is 0 Å². The summed E-state index contributed by atoms with van der Waals surface area (Å²) in [5.41, 5.74) is 1.87. The van der Waals surface area contributed by atoms with E-state index in [1.807, 2.05) is 6.08 Å². The zero-order valence-corrected chi connectivity index (χ0v) is 16.6. The quantitative estimate of drug-likeness (QED) is 0.752. The molecule has 0 radical (unpaired) electrons. The van der Waals surface area contributed by atoms with Gasteiger partial charge in [-0.3, -0.25) is 4.79 Å². The molecule has 3 saturated carbocycles. The van der Waals surface area contributed by atoms with Crippen LogP contribution < -0.4 is 0 Å². The molecule has 0 heterocycles. The van der Waals surface area contributed by atoms with Crippen molar-refractivity contribution in [3.8, 4) is 0 Å². The Balaban J connectivity index is 1.77. The highest BCUT2D eigenvalue weighted by Crippen LogP contribution is 2.68. The summed E-state index contributed by atoms with van der Waals surface area (Å²) in [7, 11) is 0. The average molecular weight is 345 g/mol. The Hall–Kier alpha value is -0.630. The zero-order valence-electron chi connectivity index (χ0n) is 16.6. The Morgan fingerprint density at radius 3 is 2.52 bits per heavy atom. The van der Waals surface area contributed by atoms with Gasteiger partial charge in [-0.1, -0.05) is 39.7 Å². The molecule has 25 heavy (non-hydrogen) atoms. The number of hydrogen-bond acceptors (Lipinski definition) is 2. The van der Waals surface area contributed by atoms with E-state index in [2.05, 4.69) is 27.7 Å². The summed E-state index contributed by atoms with van der Waals surface area (Å²) in [6, 6.07) is 0. The van der Waals surface area contributed by atoms with Gasteiger partial charge in [0.25, 0.3) is 0 Å². The molecule has 0 aromatic heterocycles. The summed E-state index contributed by atoms with van der Waals surface area (Å²) < 4.78 is 0. The van der Waals surface area contributed by atoms with Crippen LogP contribution in [0.3, 0.4) is 0 Å². The van der Waals surface area contributed by atoms with Crippen molar-refractivity contribution >= 4 is 5.78 Å². The van der Waals surface area contributed by atoms with Crippen molar-refractivity contribution < 1.29 is 9.90 Å². The normalized spacial score (nSPS) is 52.2. The van der Waals surface area contributed by atoms with Gasteiger partial charge in [-0.2, -0.15) is 0 Å². The minimum Gasteiger partial charge on any atom is -0.392 e. The summed E-state index contributed by atoms with van der Waals surface area (Å²) >= 11 is 0. The van der Waals surface area contributed by atoms with E-state index in [9.17, 15) is 9.90 Å². The molecule has 2 nitrogen and oxygen atoms in total. The van der Waals surface area contributed by atoms with E-state index >= 15 is 0 Å². The second-order valence-electron chi connectivity index (χ2n) is 10.0. The third-order valence-corrected chi connectivity index (χ3v) is 9.35. The highest BCUT2D eigenvalue weighted by molar-refractivity contribution is 5.91. The van der Waals surface area contributed by atoms with E-state index in [4.69, 9.17) is 0 Å². The summed E-state index contributed by atoms with van der Waals surface area (Å²) in [6.45, 7) is 9.50. The van der Waals surface area contributed by atoms with Gasteiger partial charge in [0.05, 0.1) is 6.10 Å². The predicted molar refractivity (Wildman–Crippen MR) is 101 cm³/mol. The molecule has 3 fully saturated rings. The highest BCUT2D eigenvalue weighted by atomic mass is 16.3. The predicted octanol–water partition coefficient (Wildman–Crippen LogP) is 5.15. The van der Waals surface area contributed by atoms with Gasteiger partial charge >= 0.3 is 0 Å². The highest BCUT2D eigenvalue weighted by Gasteiger charge is 2.62. The van der Waals surface area contributed by atoms with Gasteiger partial charge in [0, 0.05) is 12.3 Å². The first kappa shape index (κ1) is 17.8. The number of fused-ring (bicyclic) bond motifs is 5. The summed E-state index contributed by atoms with van der Waals surface area (Å²) in [6.07, 6.45) is 10.8. The van der Waals surface area contributed by atoms with Gasteiger partial charge in [-0.15, -0.1) is 0 Å². The lowest BCUT2D eigenvalue weighted by Crippen LogP contribution is -2.58. The molecule has 0 aromatic rings. The van der Waals surface area contributed by atoms with Gasteiger partial charge in [0.2, 0.25) is 0 Å². The molecule has 1 N–H and O–H groups in total. The van der Waals surface area contributed by atoms with E-state index in [0.717, 1.165) is 18.8 Å². The van der Waals surface area contributed by atoms with E-state index in [-0.39, 0.29) is 23.2 Å². The lowest BCUT2D eigenvalue weighted by molar-refractivity contribution is -0.134. The monoisotopic (exact) mass is 344 g/mol. The van der Waals surface area contributed by atoms with Crippen molar-refractivity contribution in [1.82, 2.24) is 0 Å². The lowest BCUT2D eigenvalue weighted by atomic mass is 9.44. The van der Waals surface area contributed by atoms with Crippen molar-refractivity contribution in [3.05, 3.63) is 11.6 Å². The first-order valence-corrected chi connectivity index (χ1v) is 10.8. The summed E-state index contributed by atoms with van der Waals surface area (Å²) in [4.78, 5) is 12.1. The van der Waals surface area contributed by atoms with Gasteiger partial charge in [0.1, 0.15) is 0 Å². The summed E-state index contributed by atoms with van der Waals surface area (Å²) in [5, 5.41) is 11.5. The maximum absolute atomic E-state index is 12.1. The Morgan fingerprint density at radius 1 is 1.08 bits per heavy atom. The molecule has 0 aliphatic heterocycles. The third-order valence-electron chi connectivity index (χ3n) is 9.35. The first-order valence-electron chi connectivity index (χ1n) is 10.8. The lowest BCUT2D eigenvalue weighted by Gasteiger charge is -2.61. The second-order valence-corrected chi connectivity index (χ2v) is 10.0. The van der Waals surface area contributed by atoms with Gasteiger partial charge in [0.15, 0.2) is 5.78 Å². The SMILES string of the molecule is CC[C@H]1CCC2C3C(O)[C@@H](CC)C4=CC(=O)CC[C@]4(C)C3CC[C@@]21C. The van der Waals surface area contributed by atoms with Crippen LogP contribution in [0.25, 0.3) is 0 Å². The maximum Gasteiger partial charge on any atom is 0.155 e. The van der Waals surface area contributed by atoms with Gasteiger partial charge < -0.3 is 5.11 Å². The van der Waals surface area contributed by atoms with Crippen LogP contribution in [0.2, 0.25) is 0 Å². The number of ketones is 1.